The van der Waals surface area contributed by atoms with Gasteiger partial charge in [-0.1, -0.05) is 59.3 Å². The Morgan fingerprint density at radius 1 is 0.952 bits per heavy atom. The van der Waals surface area contributed by atoms with Gasteiger partial charge in [-0.3, -0.25) is 4.98 Å². The van der Waals surface area contributed by atoms with E-state index < -0.39 is 6.04 Å². The van der Waals surface area contributed by atoms with Crippen LogP contribution in [0.4, 0.5) is 11.4 Å². The number of halogens is 1. The molecule has 10 heteroatoms. The normalized spacial score (nSPS) is 13.9. The first-order chi connectivity index (χ1) is 20.6. The van der Waals surface area contributed by atoms with Crippen LogP contribution in [-0.2, 0) is 0 Å². The topological polar surface area (TPSA) is 139 Å². The van der Waals surface area contributed by atoms with Crippen molar-refractivity contribution in [1.29, 1.82) is 15.8 Å². The van der Waals surface area contributed by atoms with Crippen LogP contribution < -0.4 is 10.6 Å². The Morgan fingerprint density at radius 2 is 1.76 bits per heavy atom. The number of nitriles is 3. The fraction of sp³-hybridized carbons (Fsp3) is 0.188. The fourth-order valence-corrected chi connectivity index (χ4v) is 5.28. The lowest BCUT2D eigenvalue weighted by atomic mass is 10.0. The first-order valence-electron chi connectivity index (χ1n) is 13.5. The van der Waals surface area contributed by atoms with Crippen LogP contribution in [0.1, 0.15) is 65.3 Å². The van der Waals surface area contributed by atoms with Crippen LogP contribution in [-0.4, -0.2) is 20.0 Å². The molecule has 0 spiro atoms. The van der Waals surface area contributed by atoms with E-state index in [-0.39, 0.29) is 12.5 Å². The Labute approximate surface area is 247 Å². The third-order valence-corrected chi connectivity index (χ3v) is 7.55. The minimum Gasteiger partial charge on any atom is -0.376 e. The van der Waals surface area contributed by atoms with Gasteiger partial charge in [0.15, 0.2) is 0 Å². The molecule has 0 bridgehead atoms. The summed E-state index contributed by atoms with van der Waals surface area (Å²) in [6, 6.07) is 26.9. The third kappa shape index (κ3) is 5.45. The van der Waals surface area contributed by atoms with E-state index in [1.807, 2.05) is 65.5 Å². The summed E-state index contributed by atoms with van der Waals surface area (Å²) in [5.41, 5.74) is 5.06. The van der Waals surface area contributed by atoms with Crippen molar-refractivity contribution in [3.8, 4) is 18.2 Å². The Morgan fingerprint density at radius 3 is 2.50 bits per heavy atom. The zero-order valence-corrected chi connectivity index (χ0v) is 23.1. The Kier molecular flexibility index (Phi) is 7.39. The molecule has 2 aromatic heterocycles. The number of aromatic nitrogens is 4. The van der Waals surface area contributed by atoms with E-state index in [0.29, 0.717) is 50.2 Å². The molecule has 2 atom stereocenters. The van der Waals surface area contributed by atoms with E-state index in [9.17, 15) is 15.8 Å². The Hall–Kier alpha value is -5.43. The summed E-state index contributed by atoms with van der Waals surface area (Å²) in [6.45, 7) is 0. The van der Waals surface area contributed by atoms with Crippen LogP contribution in [0.2, 0.25) is 5.02 Å². The molecule has 1 aliphatic carbocycles. The van der Waals surface area contributed by atoms with Gasteiger partial charge in [-0.25, -0.2) is 4.68 Å². The number of hydrogen-bond donors (Lipinski definition) is 2. The number of anilines is 2. The van der Waals surface area contributed by atoms with Crippen LogP contribution in [0, 0.1) is 34.0 Å². The predicted molar refractivity (Wildman–Crippen MR) is 159 cm³/mol. The summed E-state index contributed by atoms with van der Waals surface area (Å²) < 4.78 is 1.88. The number of pyridine rings is 1. The second-order valence-corrected chi connectivity index (χ2v) is 10.6. The van der Waals surface area contributed by atoms with Gasteiger partial charge in [0.05, 0.1) is 70.2 Å². The van der Waals surface area contributed by atoms with Crippen LogP contribution in [0.3, 0.4) is 0 Å². The van der Waals surface area contributed by atoms with Crippen molar-refractivity contribution >= 4 is 33.9 Å². The summed E-state index contributed by atoms with van der Waals surface area (Å²) >= 11 is 6.78. The molecule has 1 fully saturated rings. The molecule has 0 saturated heterocycles. The van der Waals surface area contributed by atoms with Gasteiger partial charge in [-0.15, -0.1) is 5.10 Å². The van der Waals surface area contributed by atoms with Crippen LogP contribution in [0.5, 0.6) is 0 Å². The number of nitrogens with zero attached hydrogens (tertiary/aromatic N) is 7. The maximum absolute atomic E-state index is 9.99. The van der Waals surface area contributed by atoms with E-state index in [2.05, 4.69) is 44.1 Å². The van der Waals surface area contributed by atoms with Gasteiger partial charge in [-0.2, -0.15) is 15.8 Å². The number of benzene rings is 3. The molecule has 0 radical (unpaired) electrons. The first-order valence-corrected chi connectivity index (χ1v) is 13.8. The average Bonchev–Trinajstić information content (AvgIpc) is 3.76. The first kappa shape index (κ1) is 26.8. The SMILES string of the molecule is N#CC[C@H](Nc1c(C#N)cnc2c(Cl)cc(NC(c3cccc(C#N)c3)c3cn(C4CC4)nn3)cc12)c1ccccc1. The molecule has 1 unspecified atom stereocenters. The number of fused-ring (bicyclic) bond motifs is 1. The molecule has 3 aromatic carbocycles. The van der Waals surface area contributed by atoms with E-state index in [4.69, 9.17) is 11.6 Å². The highest BCUT2D eigenvalue weighted by atomic mass is 35.5. The zero-order valence-electron chi connectivity index (χ0n) is 22.4. The summed E-state index contributed by atoms with van der Waals surface area (Å²) in [6.07, 6.45) is 5.77. The smallest absolute Gasteiger partial charge is 0.109 e. The molecule has 9 nitrogen and oxygen atoms in total. The van der Waals surface area contributed by atoms with Crippen LogP contribution in [0.25, 0.3) is 10.9 Å². The number of hydrogen-bond acceptors (Lipinski definition) is 8. The van der Waals surface area contributed by atoms with Gasteiger partial charge in [0.25, 0.3) is 0 Å². The minimum atomic E-state index is -0.432. The number of rotatable bonds is 9. The van der Waals surface area contributed by atoms with Crippen molar-refractivity contribution in [2.45, 2.75) is 37.4 Å². The Bertz CT molecular complexity index is 1890. The second kappa shape index (κ2) is 11.6. The minimum absolute atomic E-state index is 0.193. The zero-order chi connectivity index (χ0) is 29.1. The lowest BCUT2D eigenvalue weighted by Crippen LogP contribution is -2.14. The standard InChI is InChI=1S/C32H24ClN9/c33-27-15-24(38-31(22-8-4-5-20(13-22)16-35)29-19-42(41-40-29)25-9-10-25)14-26-30(23(17-36)18-37-32(26)27)39-28(11-12-34)21-6-2-1-3-7-21/h1-8,13-15,18-19,25,28,31,38H,9-11H2,(H,37,39)/t28-,31?/m0/s1. The number of nitrogens with one attached hydrogen (secondary N) is 2. The van der Waals surface area contributed by atoms with Gasteiger partial charge in [-0.05, 0) is 48.2 Å². The second-order valence-electron chi connectivity index (χ2n) is 10.2. The van der Waals surface area contributed by atoms with Crippen molar-refractivity contribution in [2.24, 2.45) is 0 Å². The average molecular weight is 570 g/mol. The van der Waals surface area contributed by atoms with E-state index in [1.54, 1.807) is 12.1 Å². The molecule has 5 aromatic rings. The molecule has 0 amide bonds. The predicted octanol–water partition coefficient (Wildman–Crippen LogP) is 6.83. The van der Waals surface area contributed by atoms with Gasteiger partial charge in [0.1, 0.15) is 11.8 Å². The quantitative estimate of drug-likeness (QED) is 0.197. The highest BCUT2D eigenvalue weighted by molar-refractivity contribution is 6.35. The van der Waals surface area contributed by atoms with Crippen molar-refractivity contribution < 1.29 is 0 Å². The fourth-order valence-electron chi connectivity index (χ4n) is 5.01. The molecular weight excluding hydrogens is 546 g/mol. The largest absolute Gasteiger partial charge is 0.376 e. The van der Waals surface area contributed by atoms with E-state index in [1.165, 1.54) is 6.20 Å². The van der Waals surface area contributed by atoms with Gasteiger partial charge >= 0.3 is 0 Å². The molecule has 0 aliphatic heterocycles. The molecule has 1 aliphatic rings. The van der Waals surface area contributed by atoms with Crippen molar-refractivity contribution in [2.75, 3.05) is 10.6 Å². The van der Waals surface area contributed by atoms with Crippen molar-refractivity contribution in [3.63, 3.8) is 0 Å². The summed E-state index contributed by atoms with van der Waals surface area (Å²) in [4.78, 5) is 4.48. The van der Waals surface area contributed by atoms with Gasteiger partial charge < -0.3 is 10.6 Å². The molecule has 2 N–H and O–H groups in total. The third-order valence-electron chi connectivity index (χ3n) is 7.27. The van der Waals surface area contributed by atoms with Gasteiger partial charge in [0, 0.05) is 17.3 Å². The van der Waals surface area contributed by atoms with Crippen molar-refractivity contribution in [1.82, 2.24) is 20.0 Å². The molecule has 42 heavy (non-hydrogen) atoms. The summed E-state index contributed by atoms with van der Waals surface area (Å²) in [5, 5.41) is 45.9. The van der Waals surface area contributed by atoms with Crippen LogP contribution >= 0.6 is 11.6 Å². The van der Waals surface area contributed by atoms with E-state index >= 15 is 0 Å². The van der Waals surface area contributed by atoms with Gasteiger partial charge in [0.2, 0.25) is 0 Å². The maximum atomic E-state index is 9.99. The molecule has 6 rings (SSSR count). The Balaban J connectivity index is 1.44. The lowest BCUT2D eigenvalue weighted by Gasteiger charge is -2.22. The highest BCUT2D eigenvalue weighted by Gasteiger charge is 2.27. The van der Waals surface area contributed by atoms with Crippen molar-refractivity contribution in [3.05, 3.63) is 112 Å². The molecule has 2 heterocycles. The highest BCUT2D eigenvalue weighted by Crippen LogP contribution is 2.38. The molecule has 1 saturated carbocycles. The van der Waals surface area contributed by atoms with Crippen LogP contribution in [0.15, 0.2) is 79.1 Å². The lowest BCUT2D eigenvalue weighted by molar-refractivity contribution is 0.610. The van der Waals surface area contributed by atoms with E-state index in [0.717, 1.165) is 24.0 Å². The maximum Gasteiger partial charge on any atom is 0.109 e. The molecular formula is C32H24ClN9. The summed E-state index contributed by atoms with van der Waals surface area (Å²) in [5.74, 6) is 0. The summed E-state index contributed by atoms with van der Waals surface area (Å²) in [7, 11) is 0. The molecule has 204 valence electrons. The monoisotopic (exact) mass is 569 g/mol.